The standard InChI is InChI=1S/C18H14BrF2N3O2/c1-24-16(25)18(23-17(24)22)8-14(10-3-2-4-12(20)15(10)21)26-13-6-5-9(19)7-11(13)18/h2-7,14H,8H2,1H3,(H2,22,23)/t14?,18-/m1/s1. The quantitative estimate of drug-likeness (QED) is 0.768. The number of ether oxygens (including phenoxy) is 1. The molecule has 0 saturated heterocycles. The van der Waals surface area contributed by atoms with Crippen LogP contribution in [-0.4, -0.2) is 23.8 Å². The van der Waals surface area contributed by atoms with Gasteiger partial charge in [0.15, 0.2) is 23.1 Å². The summed E-state index contributed by atoms with van der Waals surface area (Å²) >= 11 is 3.38. The lowest BCUT2D eigenvalue weighted by Gasteiger charge is -2.37. The Bertz CT molecular complexity index is 965. The first-order chi connectivity index (χ1) is 12.3. The number of nitrogens with two attached hydrogens (primary N) is 1. The van der Waals surface area contributed by atoms with Crippen LogP contribution in [0, 0.1) is 11.6 Å². The topological polar surface area (TPSA) is 67.9 Å². The van der Waals surface area contributed by atoms with Crippen LogP contribution in [0.5, 0.6) is 5.75 Å². The summed E-state index contributed by atoms with van der Waals surface area (Å²) in [6, 6.07) is 9.03. The highest BCUT2D eigenvalue weighted by Crippen LogP contribution is 2.50. The third-order valence-corrected chi connectivity index (χ3v) is 5.27. The number of aliphatic imine (C=N–C) groups is 1. The number of fused-ring (bicyclic) bond motifs is 2. The van der Waals surface area contributed by atoms with Crippen molar-refractivity contribution < 1.29 is 18.3 Å². The average Bonchev–Trinajstić information content (AvgIpc) is 2.82. The molecular formula is C18H14BrF2N3O2. The van der Waals surface area contributed by atoms with E-state index < -0.39 is 23.3 Å². The van der Waals surface area contributed by atoms with Gasteiger partial charge in [-0.3, -0.25) is 9.69 Å². The minimum absolute atomic E-state index is 0.0146. The van der Waals surface area contributed by atoms with Gasteiger partial charge < -0.3 is 10.5 Å². The van der Waals surface area contributed by atoms with Crippen LogP contribution in [0.4, 0.5) is 8.78 Å². The van der Waals surface area contributed by atoms with E-state index in [-0.39, 0.29) is 23.9 Å². The SMILES string of the molecule is CN1C(=O)[C@]2(CC(c3cccc(F)c3F)Oc3ccc(Br)cc32)N=C1N. The number of guanidine groups is 1. The van der Waals surface area contributed by atoms with Gasteiger partial charge in [-0.05, 0) is 24.3 Å². The van der Waals surface area contributed by atoms with Gasteiger partial charge >= 0.3 is 0 Å². The van der Waals surface area contributed by atoms with E-state index in [1.807, 2.05) is 0 Å². The molecule has 1 amide bonds. The van der Waals surface area contributed by atoms with Gasteiger partial charge in [-0.2, -0.15) is 0 Å². The molecule has 1 unspecified atom stereocenters. The fourth-order valence-corrected chi connectivity index (χ4v) is 3.81. The van der Waals surface area contributed by atoms with Gasteiger partial charge in [0.2, 0.25) is 0 Å². The van der Waals surface area contributed by atoms with E-state index in [4.69, 9.17) is 10.5 Å². The lowest BCUT2D eigenvalue weighted by atomic mass is 9.80. The van der Waals surface area contributed by atoms with E-state index in [1.165, 1.54) is 24.1 Å². The maximum Gasteiger partial charge on any atom is 0.261 e. The summed E-state index contributed by atoms with van der Waals surface area (Å²) in [6.07, 6.45) is -0.868. The Labute approximate surface area is 156 Å². The molecule has 0 bridgehead atoms. The molecule has 8 heteroatoms. The molecule has 5 nitrogen and oxygen atoms in total. The summed E-state index contributed by atoms with van der Waals surface area (Å²) in [4.78, 5) is 18.7. The zero-order valence-electron chi connectivity index (χ0n) is 13.7. The van der Waals surface area contributed by atoms with E-state index in [9.17, 15) is 13.6 Å². The molecule has 1 spiro atoms. The Morgan fingerprint density at radius 1 is 1.35 bits per heavy atom. The maximum atomic E-state index is 14.3. The van der Waals surface area contributed by atoms with Crippen LogP contribution in [0.2, 0.25) is 0 Å². The van der Waals surface area contributed by atoms with Crippen molar-refractivity contribution in [3.05, 3.63) is 63.6 Å². The Kier molecular flexibility index (Phi) is 3.76. The van der Waals surface area contributed by atoms with E-state index in [2.05, 4.69) is 20.9 Å². The van der Waals surface area contributed by atoms with E-state index >= 15 is 0 Å². The molecule has 134 valence electrons. The predicted molar refractivity (Wildman–Crippen MR) is 94.6 cm³/mol. The van der Waals surface area contributed by atoms with Crippen LogP contribution in [0.1, 0.15) is 23.7 Å². The van der Waals surface area contributed by atoms with Crippen LogP contribution in [0.25, 0.3) is 0 Å². The number of halogens is 3. The fraction of sp³-hybridized carbons (Fsp3) is 0.222. The molecule has 2 N–H and O–H groups in total. The maximum absolute atomic E-state index is 14.3. The molecule has 0 radical (unpaired) electrons. The van der Waals surface area contributed by atoms with Gasteiger partial charge in [0.1, 0.15) is 11.9 Å². The molecule has 0 aliphatic carbocycles. The minimum Gasteiger partial charge on any atom is -0.485 e. The van der Waals surface area contributed by atoms with E-state index in [0.717, 1.165) is 10.5 Å². The first-order valence-electron chi connectivity index (χ1n) is 7.87. The Hall–Kier alpha value is -2.48. The van der Waals surface area contributed by atoms with Gasteiger partial charge in [-0.15, -0.1) is 0 Å². The number of likely N-dealkylation sites (N-methyl/N-ethyl adjacent to an activating group) is 1. The minimum atomic E-state index is -1.33. The number of benzene rings is 2. The molecule has 2 aliphatic rings. The van der Waals surface area contributed by atoms with Gasteiger partial charge in [0.25, 0.3) is 5.91 Å². The summed E-state index contributed by atoms with van der Waals surface area (Å²) in [6.45, 7) is 0. The van der Waals surface area contributed by atoms with E-state index in [0.29, 0.717) is 11.3 Å². The number of carbonyl (C=O) groups excluding carboxylic acids is 1. The van der Waals surface area contributed by atoms with Crippen LogP contribution in [0.3, 0.4) is 0 Å². The Morgan fingerprint density at radius 2 is 2.12 bits per heavy atom. The molecule has 2 atom stereocenters. The van der Waals surface area contributed by atoms with Crippen LogP contribution in [-0.2, 0) is 10.3 Å². The molecule has 0 fully saturated rings. The highest BCUT2D eigenvalue weighted by atomic mass is 79.9. The third kappa shape index (κ3) is 2.32. The molecule has 0 aromatic heterocycles. The Balaban J connectivity index is 1.91. The second-order valence-corrected chi connectivity index (χ2v) is 7.20. The molecule has 2 aromatic rings. The molecule has 2 heterocycles. The number of carbonyl (C=O) groups is 1. The molecule has 4 rings (SSSR count). The van der Waals surface area contributed by atoms with Crippen molar-refractivity contribution in [3.63, 3.8) is 0 Å². The van der Waals surface area contributed by atoms with Crippen molar-refractivity contribution in [2.24, 2.45) is 10.7 Å². The zero-order chi connectivity index (χ0) is 18.6. The van der Waals surface area contributed by atoms with Crippen molar-refractivity contribution in [3.8, 4) is 5.75 Å². The first kappa shape index (κ1) is 17.0. The zero-order valence-corrected chi connectivity index (χ0v) is 15.3. The van der Waals surface area contributed by atoms with Gasteiger partial charge in [0.05, 0.1) is 0 Å². The highest BCUT2D eigenvalue weighted by Gasteiger charge is 2.54. The number of amides is 1. The summed E-state index contributed by atoms with van der Waals surface area (Å²) in [5.41, 5.74) is 5.12. The number of rotatable bonds is 1. The lowest BCUT2D eigenvalue weighted by Crippen LogP contribution is -2.43. The normalized spacial score (nSPS) is 24.5. The number of hydrogen-bond acceptors (Lipinski definition) is 4. The Morgan fingerprint density at radius 3 is 2.81 bits per heavy atom. The predicted octanol–water partition coefficient (Wildman–Crippen LogP) is 3.23. The second kappa shape index (κ2) is 5.77. The van der Waals surface area contributed by atoms with Crippen LogP contribution >= 0.6 is 15.9 Å². The van der Waals surface area contributed by atoms with Gasteiger partial charge in [-0.25, -0.2) is 13.8 Å². The summed E-state index contributed by atoms with van der Waals surface area (Å²) in [5, 5.41) is 0. The number of hydrogen-bond donors (Lipinski definition) is 1. The third-order valence-electron chi connectivity index (χ3n) is 4.77. The highest BCUT2D eigenvalue weighted by molar-refractivity contribution is 9.10. The summed E-state index contributed by atoms with van der Waals surface area (Å²) in [5.74, 6) is -1.85. The largest absolute Gasteiger partial charge is 0.485 e. The van der Waals surface area contributed by atoms with E-state index in [1.54, 1.807) is 18.2 Å². The first-order valence-corrected chi connectivity index (χ1v) is 8.67. The van der Waals surface area contributed by atoms with Gasteiger partial charge in [-0.1, -0.05) is 28.1 Å². The molecule has 0 saturated carbocycles. The molecular weight excluding hydrogens is 408 g/mol. The average molecular weight is 422 g/mol. The monoisotopic (exact) mass is 421 g/mol. The second-order valence-electron chi connectivity index (χ2n) is 6.29. The van der Waals surface area contributed by atoms with Crippen molar-refractivity contribution in [2.75, 3.05) is 7.05 Å². The van der Waals surface area contributed by atoms with Crippen LogP contribution < -0.4 is 10.5 Å². The molecule has 2 aliphatic heterocycles. The summed E-state index contributed by atoms with van der Waals surface area (Å²) < 4.78 is 34.7. The van der Waals surface area contributed by atoms with Crippen molar-refractivity contribution in [1.82, 2.24) is 4.90 Å². The smallest absolute Gasteiger partial charge is 0.261 e. The lowest BCUT2D eigenvalue weighted by molar-refractivity contribution is -0.132. The van der Waals surface area contributed by atoms with Gasteiger partial charge in [0, 0.05) is 29.1 Å². The van der Waals surface area contributed by atoms with Crippen molar-refractivity contribution >= 4 is 27.8 Å². The van der Waals surface area contributed by atoms with Crippen molar-refractivity contribution in [1.29, 1.82) is 0 Å². The number of nitrogens with zero attached hydrogens (tertiary/aromatic N) is 2. The van der Waals surface area contributed by atoms with Crippen molar-refractivity contribution in [2.45, 2.75) is 18.1 Å². The molecule has 26 heavy (non-hydrogen) atoms. The molecule has 2 aromatic carbocycles. The summed E-state index contributed by atoms with van der Waals surface area (Å²) in [7, 11) is 1.53. The van der Waals surface area contributed by atoms with Crippen LogP contribution in [0.15, 0.2) is 45.9 Å². The fourth-order valence-electron chi connectivity index (χ4n) is 3.45.